The number of ether oxygens (including phenoxy) is 1. The average Bonchev–Trinajstić information content (AvgIpc) is 2.94. The SMILES string of the molecule is CNC(Cc1ccc(Br)cc1F)c1ccc2c(c1)CCO2. The smallest absolute Gasteiger partial charge is 0.127 e. The van der Waals surface area contributed by atoms with E-state index in [1.165, 1.54) is 17.2 Å². The summed E-state index contributed by atoms with van der Waals surface area (Å²) < 4.78 is 20.3. The normalized spacial score (nSPS) is 14.6. The third-order valence-electron chi connectivity index (χ3n) is 3.90. The summed E-state index contributed by atoms with van der Waals surface area (Å²) in [6.45, 7) is 0.754. The molecular formula is C17H17BrFNO. The molecule has 0 radical (unpaired) electrons. The lowest BCUT2D eigenvalue weighted by atomic mass is 9.96. The van der Waals surface area contributed by atoms with Crippen LogP contribution in [0.2, 0.25) is 0 Å². The van der Waals surface area contributed by atoms with Crippen molar-refractivity contribution in [3.8, 4) is 5.75 Å². The third-order valence-corrected chi connectivity index (χ3v) is 4.40. The topological polar surface area (TPSA) is 21.3 Å². The van der Waals surface area contributed by atoms with E-state index >= 15 is 0 Å². The fourth-order valence-electron chi connectivity index (χ4n) is 2.72. The molecule has 4 heteroatoms. The van der Waals surface area contributed by atoms with Crippen molar-refractivity contribution in [1.29, 1.82) is 0 Å². The zero-order valence-electron chi connectivity index (χ0n) is 11.8. The van der Waals surface area contributed by atoms with Gasteiger partial charge in [-0.3, -0.25) is 0 Å². The van der Waals surface area contributed by atoms with Gasteiger partial charge in [0.1, 0.15) is 11.6 Å². The quantitative estimate of drug-likeness (QED) is 0.899. The molecule has 0 bridgehead atoms. The maximum atomic E-state index is 14.0. The first-order chi connectivity index (χ1) is 10.2. The van der Waals surface area contributed by atoms with Crippen LogP contribution in [0.3, 0.4) is 0 Å². The highest BCUT2D eigenvalue weighted by atomic mass is 79.9. The molecule has 21 heavy (non-hydrogen) atoms. The van der Waals surface area contributed by atoms with Crippen LogP contribution < -0.4 is 10.1 Å². The highest BCUT2D eigenvalue weighted by Crippen LogP contribution is 2.29. The van der Waals surface area contributed by atoms with Crippen molar-refractivity contribution in [2.75, 3.05) is 13.7 Å². The molecule has 1 aliphatic rings. The number of hydrogen-bond acceptors (Lipinski definition) is 2. The zero-order valence-corrected chi connectivity index (χ0v) is 13.4. The van der Waals surface area contributed by atoms with Crippen LogP contribution in [0.15, 0.2) is 40.9 Å². The highest BCUT2D eigenvalue weighted by Gasteiger charge is 2.17. The van der Waals surface area contributed by atoms with Gasteiger partial charge in [0.05, 0.1) is 6.61 Å². The Hall–Kier alpha value is -1.39. The Labute approximate surface area is 132 Å². The van der Waals surface area contributed by atoms with E-state index in [1.54, 1.807) is 0 Å². The Balaban J connectivity index is 1.85. The molecule has 1 atom stereocenters. The summed E-state index contributed by atoms with van der Waals surface area (Å²) in [5.74, 6) is 0.803. The fraction of sp³-hybridized carbons (Fsp3) is 0.294. The van der Waals surface area contributed by atoms with Crippen LogP contribution in [-0.4, -0.2) is 13.7 Å². The van der Waals surface area contributed by atoms with Crippen molar-refractivity contribution in [1.82, 2.24) is 5.32 Å². The summed E-state index contributed by atoms with van der Waals surface area (Å²) in [6.07, 6.45) is 1.57. The van der Waals surface area contributed by atoms with Gasteiger partial charge in [-0.15, -0.1) is 0 Å². The van der Waals surface area contributed by atoms with Gasteiger partial charge in [0, 0.05) is 16.9 Å². The summed E-state index contributed by atoms with van der Waals surface area (Å²) in [5, 5.41) is 3.28. The van der Waals surface area contributed by atoms with Crippen LogP contribution in [0.5, 0.6) is 5.75 Å². The molecule has 0 fully saturated rings. The van der Waals surface area contributed by atoms with Gasteiger partial charge in [0.2, 0.25) is 0 Å². The number of likely N-dealkylation sites (N-methyl/N-ethyl adjacent to an activating group) is 1. The van der Waals surface area contributed by atoms with Crippen molar-refractivity contribution in [3.63, 3.8) is 0 Å². The van der Waals surface area contributed by atoms with Crippen LogP contribution in [0.1, 0.15) is 22.7 Å². The maximum absolute atomic E-state index is 14.0. The van der Waals surface area contributed by atoms with Crippen LogP contribution in [-0.2, 0) is 12.8 Å². The van der Waals surface area contributed by atoms with Gasteiger partial charge in [0.15, 0.2) is 0 Å². The van der Waals surface area contributed by atoms with E-state index in [4.69, 9.17) is 4.74 Å². The van der Waals surface area contributed by atoms with E-state index < -0.39 is 0 Å². The lowest BCUT2D eigenvalue weighted by molar-refractivity contribution is 0.356. The van der Waals surface area contributed by atoms with Gasteiger partial charge in [-0.25, -0.2) is 4.39 Å². The van der Waals surface area contributed by atoms with Gasteiger partial charge in [0.25, 0.3) is 0 Å². The number of fused-ring (bicyclic) bond motifs is 1. The first-order valence-corrected chi connectivity index (χ1v) is 7.83. The molecule has 2 nitrogen and oxygen atoms in total. The summed E-state index contributed by atoms with van der Waals surface area (Å²) in [5.41, 5.74) is 3.13. The van der Waals surface area contributed by atoms with Crippen molar-refractivity contribution in [2.24, 2.45) is 0 Å². The second-order valence-electron chi connectivity index (χ2n) is 5.25. The molecule has 2 aromatic carbocycles. The van der Waals surface area contributed by atoms with Crippen molar-refractivity contribution < 1.29 is 9.13 Å². The summed E-state index contributed by atoms with van der Waals surface area (Å²) in [6, 6.07) is 11.6. The zero-order chi connectivity index (χ0) is 14.8. The van der Waals surface area contributed by atoms with Crippen molar-refractivity contribution in [2.45, 2.75) is 18.9 Å². The summed E-state index contributed by atoms with van der Waals surface area (Å²) in [4.78, 5) is 0. The maximum Gasteiger partial charge on any atom is 0.127 e. The second kappa shape index (κ2) is 6.16. The number of benzene rings is 2. The van der Waals surface area contributed by atoms with E-state index in [9.17, 15) is 4.39 Å². The number of halogens is 2. The Bertz CT molecular complexity index is 659. The largest absolute Gasteiger partial charge is 0.493 e. The molecule has 2 aromatic rings. The molecule has 0 saturated heterocycles. The van der Waals surface area contributed by atoms with Gasteiger partial charge < -0.3 is 10.1 Å². The van der Waals surface area contributed by atoms with Gasteiger partial charge >= 0.3 is 0 Å². The van der Waals surface area contributed by atoms with Gasteiger partial charge in [-0.2, -0.15) is 0 Å². The lowest BCUT2D eigenvalue weighted by Gasteiger charge is -2.18. The minimum Gasteiger partial charge on any atom is -0.493 e. The molecule has 1 aliphatic heterocycles. The van der Waals surface area contributed by atoms with E-state index in [0.29, 0.717) is 12.0 Å². The third kappa shape index (κ3) is 3.11. The van der Waals surface area contributed by atoms with Crippen LogP contribution in [0, 0.1) is 5.82 Å². The minimum atomic E-state index is -0.172. The first-order valence-electron chi connectivity index (χ1n) is 7.04. The molecule has 1 heterocycles. The van der Waals surface area contributed by atoms with E-state index in [1.807, 2.05) is 25.2 Å². The monoisotopic (exact) mass is 349 g/mol. The van der Waals surface area contributed by atoms with Crippen LogP contribution in [0.25, 0.3) is 0 Å². The standard InChI is InChI=1S/C17H17BrFNO/c1-20-16(9-11-2-4-14(18)10-15(11)19)12-3-5-17-13(8-12)6-7-21-17/h2-5,8,10,16,20H,6-7,9H2,1H3. The second-order valence-corrected chi connectivity index (χ2v) is 6.16. The molecule has 3 rings (SSSR count). The molecule has 1 N–H and O–H groups in total. The number of hydrogen-bond donors (Lipinski definition) is 1. The number of rotatable bonds is 4. The molecular weight excluding hydrogens is 333 g/mol. The van der Waals surface area contributed by atoms with Crippen LogP contribution >= 0.6 is 15.9 Å². The molecule has 0 spiro atoms. The molecule has 0 aliphatic carbocycles. The summed E-state index contributed by atoms with van der Waals surface area (Å²) in [7, 11) is 1.91. The molecule has 110 valence electrons. The van der Waals surface area contributed by atoms with Crippen LogP contribution in [0.4, 0.5) is 4.39 Å². The molecule has 0 amide bonds. The Morgan fingerprint density at radius 1 is 1.29 bits per heavy atom. The predicted octanol–water partition coefficient (Wildman–Crippen LogP) is 4.03. The van der Waals surface area contributed by atoms with E-state index in [-0.39, 0.29) is 11.9 Å². The Kier molecular flexibility index (Phi) is 4.27. The molecule has 1 unspecified atom stereocenters. The lowest BCUT2D eigenvalue weighted by Crippen LogP contribution is -2.19. The predicted molar refractivity (Wildman–Crippen MR) is 85.2 cm³/mol. The average molecular weight is 350 g/mol. The van der Waals surface area contributed by atoms with E-state index in [2.05, 4.69) is 33.4 Å². The highest BCUT2D eigenvalue weighted by molar-refractivity contribution is 9.10. The fourth-order valence-corrected chi connectivity index (χ4v) is 3.05. The van der Waals surface area contributed by atoms with Gasteiger partial charge in [-0.05, 0) is 48.4 Å². The molecule has 0 saturated carbocycles. The Morgan fingerprint density at radius 3 is 2.90 bits per heavy atom. The van der Waals surface area contributed by atoms with Gasteiger partial charge in [-0.1, -0.05) is 34.1 Å². The first kappa shape index (κ1) is 14.5. The van der Waals surface area contributed by atoms with Crippen molar-refractivity contribution in [3.05, 3.63) is 63.4 Å². The minimum absolute atomic E-state index is 0.0894. The molecule has 0 aromatic heterocycles. The van der Waals surface area contributed by atoms with E-state index in [0.717, 1.165) is 23.2 Å². The number of nitrogens with one attached hydrogen (secondary N) is 1. The summed E-state index contributed by atoms with van der Waals surface area (Å²) >= 11 is 3.29. The Morgan fingerprint density at radius 2 is 2.14 bits per heavy atom. The van der Waals surface area contributed by atoms with Crippen molar-refractivity contribution >= 4 is 15.9 Å².